The van der Waals surface area contributed by atoms with Gasteiger partial charge in [0, 0.05) is 6.07 Å². The van der Waals surface area contributed by atoms with Gasteiger partial charge in [-0.25, -0.2) is 0 Å². The van der Waals surface area contributed by atoms with Crippen LogP contribution in [0.3, 0.4) is 0 Å². The Morgan fingerprint density at radius 2 is 1.85 bits per heavy atom. The van der Waals surface area contributed by atoms with Crippen LogP contribution in [0, 0.1) is 6.92 Å². The Morgan fingerprint density at radius 1 is 1.11 bits per heavy atom. The zero-order valence-electron chi connectivity index (χ0n) is 16.2. The van der Waals surface area contributed by atoms with Crippen molar-refractivity contribution in [1.82, 2.24) is 0 Å². The molecule has 1 aliphatic rings. The Kier molecular flexibility index (Phi) is 4.83. The number of carbonyl (C=O) groups is 2. The largest absolute Gasteiger partial charge is 0.497 e. The van der Waals surface area contributed by atoms with Crippen molar-refractivity contribution in [2.45, 2.75) is 26.4 Å². The second kappa shape index (κ2) is 6.95. The molecule has 0 saturated carbocycles. The van der Waals surface area contributed by atoms with Gasteiger partial charge < -0.3 is 14.2 Å². The van der Waals surface area contributed by atoms with E-state index in [4.69, 9.17) is 14.2 Å². The molecule has 0 saturated heterocycles. The van der Waals surface area contributed by atoms with Gasteiger partial charge in [0.1, 0.15) is 17.2 Å². The zero-order valence-corrected chi connectivity index (χ0v) is 16.2. The lowest BCUT2D eigenvalue weighted by molar-refractivity contribution is -0.132. The first kappa shape index (κ1) is 18.8. The highest BCUT2D eigenvalue weighted by atomic mass is 16.5. The number of hydrogen-bond donors (Lipinski definition) is 0. The van der Waals surface area contributed by atoms with E-state index in [9.17, 15) is 9.59 Å². The molecule has 1 amide bonds. The predicted octanol–water partition coefficient (Wildman–Crippen LogP) is 3.40. The number of ketones is 1. The van der Waals surface area contributed by atoms with Gasteiger partial charge in [-0.1, -0.05) is 6.07 Å². The lowest BCUT2D eigenvalue weighted by Crippen LogP contribution is -2.53. The first-order valence-corrected chi connectivity index (χ1v) is 8.63. The van der Waals surface area contributed by atoms with E-state index < -0.39 is 5.60 Å². The van der Waals surface area contributed by atoms with Gasteiger partial charge in [-0.2, -0.15) is 0 Å². The molecule has 0 spiro atoms. The minimum atomic E-state index is -1.05. The second-order valence-corrected chi connectivity index (χ2v) is 6.96. The minimum Gasteiger partial charge on any atom is -0.497 e. The van der Waals surface area contributed by atoms with Crippen LogP contribution in [-0.4, -0.2) is 38.1 Å². The molecule has 142 valence electrons. The van der Waals surface area contributed by atoms with Crippen molar-refractivity contribution < 1.29 is 23.8 Å². The lowest BCUT2D eigenvalue weighted by atomic mass is 10.0. The summed E-state index contributed by atoms with van der Waals surface area (Å²) in [6.07, 6.45) is 0. The lowest BCUT2D eigenvalue weighted by Gasteiger charge is -2.38. The molecule has 0 aliphatic carbocycles. The number of nitrogens with zero attached hydrogens (tertiary/aromatic N) is 1. The third-order valence-electron chi connectivity index (χ3n) is 4.54. The molecule has 0 unspecified atom stereocenters. The molecular weight excluding hydrogens is 346 g/mol. The van der Waals surface area contributed by atoms with Gasteiger partial charge in [0.05, 0.1) is 32.0 Å². The average Bonchev–Trinajstić information content (AvgIpc) is 2.65. The molecule has 6 heteroatoms. The first-order chi connectivity index (χ1) is 12.8. The molecule has 27 heavy (non-hydrogen) atoms. The highest BCUT2D eigenvalue weighted by Crippen LogP contribution is 2.38. The fourth-order valence-corrected chi connectivity index (χ4v) is 3.09. The molecule has 0 fully saturated rings. The van der Waals surface area contributed by atoms with Crippen LogP contribution in [0.25, 0.3) is 0 Å². The van der Waals surface area contributed by atoms with Gasteiger partial charge >= 0.3 is 0 Å². The molecule has 0 radical (unpaired) electrons. The van der Waals surface area contributed by atoms with Crippen LogP contribution >= 0.6 is 0 Å². The number of carbonyl (C=O) groups excluding carboxylic acids is 2. The van der Waals surface area contributed by atoms with Crippen LogP contribution in [-0.2, 0) is 4.79 Å². The van der Waals surface area contributed by atoms with E-state index in [2.05, 4.69) is 0 Å². The van der Waals surface area contributed by atoms with Gasteiger partial charge in [-0.3, -0.25) is 14.5 Å². The van der Waals surface area contributed by atoms with E-state index >= 15 is 0 Å². The Hall–Kier alpha value is -3.02. The average molecular weight is 369 g/mol. The number of Topliss-reactive ketones (excluding diaryl/α,β-unsaturated/α-hetero) is 1. The van der Waals surface area contributed by atoms with Crippen LogP contribution in [0.2, 0.25) is 0 Å². The van der Waals surface area contributed by atoms with Crippen LogP contribution in [0.1, 0.15) is 29.8 Å². The molecular formula is C21H23NO5. The van der Waals surface area contributed by atoms with Crippen LogP contribution in [0.4, 0.5) is 5.69 Å². The topological polar surface area (TPSA) is 65.1 Å². The highest BCUT2D eigenvalue weighted by Gasteiger charge is 2.41. The fraction of sp³-hybridized carbons (Fsp3) is 0.333. The summed E-state index contributed by atoms with van der Waals surface area (Å²) in [5.41, 5.74) is 0.918. The van der Waals surface area contributed by atoms with Gasteiger partial charge in [0.2, 0.25) is 0 Å². The number of fused-ring (bicyclic) bond motifs is 1. The summed E-state index contributed by atoms with van der Waals surface area (Å²) in [4.78, 5) is 27.4. The predicted molar refractivity (Wildman–Crippen MR) is 102 cm³/mol. The van der Waals surface area contributed by atoms with E-state index in [0.717, 1.165) is 5.56 Å². The molecule has 1 aliphatic heterocycles. The standard InChI is InChI=1S/C21H23NO5/c1-13-6-9-18-16(10-13)22(20(24)21(2,3)27-18)12-17(23)15-8-7-14(25-4)11-19(15)26-5/h6-11H,12H2,1-5H3. The highest BCUT2D eigenvalue weighted by molar-refractivity contribution is 6.10. The quantitative estimate of drug-likeness (QED) is 0.756. The molecule has 0 aromatic heterocycles. The number of hydrogen-bond acceptors (Lipinski definition) is 5. The molecule has 6 nitrogen and oxygen atoms in total. The smallest absolute Gasteiger partial charge is 0.271 e. The Morgan fingerprint density at radius 3 is 2.52 bits per heavy atom. The molecule has 0 N–H and O–H groups in total. The van der Waals surface area contributed by atoms with Crippen molar-refractivity contribution in [3.05, 3.63) is 47.5 Å². The van der Waals surface area contributed by atoms with Crippen molar-refractivity contribution in [3.63, 3.8) is 0 Å². The second-order valence-electron chi connectivity index (χ2n) is 6.96. The maximum Gasteiger partial charge on any atom is 0.271 e. The summed E-state index contributed by atoms with van der Waals surface area (Å²) in [6.45, 7) is 5.22. The summed E-state index contributed by atoms with van der Waals surface area (Å²) in [5, 5.41) is 0. The monoisotopic (exact) mass is 369 g/mol. The van der Waals surface area contributed by atoms with Crippen LogP contribution < -0.4 is 19.1 Å². The van der Waals surface area contributed by atoms with E-state index in [0.29, 0.717) is 28.5 Å². The fourth-order valence-electron chi connectivity index (χ4n) is 3.09. The van der Waals surface area contributed by atoms with Gasteiger partial charge in [-0.15, -0.1) is 0 Å². The minimum absolute atomic E-state index is 0.106. The van der Waals surface area contributed by atoms with Crippen LogP contribution in [0.15, 0.2) is 36.4 Å². The summed E-state index contributed by atoms with van der Waals surface area (Å²) in [7, 11) is 3.04. The molecule has 3 rings (SSSR count). The Balaban J connectivity index is 1.98. The van der Waals surface area contributed by atoms with E-state index in [-0.39, 0.29) is 18.2 Å². The molecule has 2 aromatic rings. The Labute approximate surface area is 158 Å². The maximum atomic E-state index is 13.0. The first-order valence-electron chi connectivity index (χ1n) is 8.63. The number of rotatable bonds is 5. The summed E-state index contributed by atoms with van der Waals surface area (Å²) < 4.78 is 16.3. The third-order valence-corrected chi connectivity index (χ3v) is 4.54. The number of amides is 1. The molecule has 2 aromatic carbocycles. The van der Waals surface area contributed by atoms with Crippen molar-refractivity contribution >= 4 is 17.4 Å². The normalized spacial score (nSPS) is 15.0. The van der Waals surface area contributed by atoms with Crippen molar-refractivity contribution in [1.29, 1.82) is 0 Å². The molecule has 0 bridgehead atoms. The molecule has 0 atom stereocenters. The number of aryl methyl sites for hydroxylation is 1. The Bertz CT molecular complexity index is 903. The number of anilines is 1. The number of ether oxygens (including phenoxy) is 3. The molecule has 1 heterocycles. The maximum absolute atomic E-state index is 13.0. The zero-order chi connectivity index (χ0) is 19.8. The van der Waals surface area contributed by atoms with E-state index in [1.165, 1.54) is 12.0 Å². The SMILES string of the molecule is COc1ccc(C(=O)CN2C(=O)C(C)(C)Oc3ccc(C)cc32)c(OC)c1. The third kappa shape index (κ3) is 3.47. The van der Waals surface area contributed by atoms with Crippen molar-refractivity contribution in [3.8, 4) is 17.2 Å². The van der Waals surface area contributed by atoms with Crippen LogP contribution in [0.5, 0.6) is 17.2 Å². The van der Waals surface area contributed by atoms with Crippen molar-refractivity contribution in [2.24, 2.45) is 0 Å². The van der Waals surface area contributed by atoms with Gasteiger partial charge in [0.25, 0.3) is 5.91 Å². The number of benzene rings is 2. The van der Waals surface area contributed by atoms with E-state index in [1.54, 1.807) is 39.2 Å². The summed E-state index contributed by atoms with van der Waals surface area (Å²) >= 11 is 0. The van der Waals surface area contributed by atoms with E-state index in [1.807, 2.05) is 25.1 Å². The number of methoxy groups -OCH3 is 2. The van der Waals surface area contributed by atoms with Gasteiger partial charge in [-0.05, 0) is 50.6 Å². The van der Waals surface area contributed by atoms with Gasteiger partial charge in [0.15, 0.2) is 11.4 Å². The van der Waals surface area contributed by atoms with Crippen molar-refractivity contribution in [2.75, 3.05) is 25.7 Å². The summed E-state index contributed by atoms with van der Waals surface area (Å²) in [5.74, 6) is 1.09. The summed E-state index contributed by atoms with van der Waals surface area (Å²) in [6, 6.07) is 10.6.